The standard InChI is InChI=1S/C25H30N2O4/c1-16-7-9-18(10-8-16)22-21(23(28)20-12-11-19(31-5)15-17(20)2)24(29)25(30)27(22)14-6-13-26(3)4/h7-12,15,21-22H,6,13-14H2,1-5H3/p+1. The summed E-state index contributed by atoms with van der Waals surface area (Å²) in [5, 5.41) is 0. The van der Waals surface area contributed by atoms with Crippen molar-refractivity contribution in [2.24, 2.45) is 5.92 Å². The number of amides is 1. The van der Waals surface area contributed by atoms with Gasteiger partial charge < -0.3 is 14.5 Å². The molecule has 1 fully saturated rings. The van der Waals surface area contributed by atoms with Crippen LogP contribution in [0.3, 0.4) is 0 Å². The fraction of sp³-hybridized carbons (Fsp3) is 0.400. The third-order valence-electron chi connectivity index (χ3n) is 5.88. The van der Waals surface area contributed by atoms with Crippen LogP contribution in [0.2, 0.25) is 0 Å². The maximum Gasteiger partial charge on any atom is 0.291 e. The molecule has 0 spiro atoms. The SMILES string of the molecule is COc1ccc(C(=O)C2C(=O)C(=O)N(CCC[NH+](C)C)C2c2ccc(C)cc2)c(C)c1. The summed E-state index contributed by atoms with van der Waals surface area (Å²) in [6.45, 7) is 5.11. The minimum absolute atomic E-state index is 0.315. The van der Waals surface area contributed by atoms with Gasteiger partial charge in [0, 0.05) is 18.5 Å². The molecular weight excluding hydrogens is 392 g/mol. The highest BCUT2D eigenvalue weighted by atomic mass is 16.5. The van der Waals surface area contributed by atoms with E-state index in [1.165, 1.54) is 4.90 Å². The van der Waals surface area contributed by atoms with E-state index in [-0.39, 0.29) is 5.78 Å². The van der Waals surface area contributed by atoms with Crippen LogP contribution in [0.4, 0.5) is 0 Å². The highest BCUT2D eigenvalue weighted by Gasteiger charge is 2.51. The fourth-order valence-corrected chi connectivity index (χ4v) is 4.17. The van der Waals surface area contributed by atoms with Gasteiger partial charge in [-0.05, 0) is 43.2 Å². The van der Waals surface area contributed by atoms with Crippen molar-refractivity contribution in [3.63, 3.8) is 0 Å². The van der Waals surface area contributed by atoms with Gasteiger partial charge >= 0.3 is 0 Å². The van der Waals surface area contributed by atoms with Crippen LogP contribution in [-0.2, 0) is 9.59 Å². The molecule has 1 N–H and O–H groups in total. The highest BCUT2D eigenvalue weighted by Crippen LogP contribution is 2.39. The molecule has 6 heteroatoms. The number of ether oxygens (including phenoxy) is 1. The molecule has 2 atom stereocenters. The van der Waals surface area contributed by atoms with Gasteiger partial charge in [-0.3, -0.25) is 14.4 Å². The van der Waals surface area contributed by atoms with Crippen molar-refractivity contribution in [2.45, 2.75) is 26.3 Å². The van der Waals surface area contributed by atoms with Gasteiger partial charge in [-0.1, -0.05) is 29.8 Å². The Morgan fingerprint density at radius 2 is 1.74 bits per heavy atom. The van der Waals surface area contributed by atoms with Crippen molar-refractivity contribution < 1.29 is 24.0 Å². The van der Waals surface area contributed by atoms with E-state index >= 15 is 0 Å². The zero-order valence-electron chi connectivity index (χ0n) is 18.9. The fourth-order valence-electron chi connectivity index (χ4n) is 4.17. The van der Waals surface area contributed by atoms with Gasteiger partial charge in [0.05, 0.1) is 33.8 Å². The average Bonchev–Trinajstić information content (AvgIpc) is 2.98. The second-order valence-electron chi connectivity index (χ2n) is 8.55. The van der Waals surface area contributed by atoms with Crippen molar-refractivity contribution in [2.75, 3.05) is 34.3 Å². The van der Waals surface area contributed by atoms with Crippen LogP contribution in [-0.4, -0.2) is 56.7 Å². The van der Waals surface area contributed by atoms with Crippen LogP contribution >= 0.6 is 0 Å². The molecule has 1 aliphatic rings. The Morgan fingerprint density at radius 1 is 1.06 bits per heavy atom. The predicted molar refractivity (Wildman–Crippen MR) is 118 cm³/mol. The van der Waals surface area contributed by atoms with E-state index in [0.29, 0.717) is 17.9 Å². The molecule has 1 heterocycles. The largest absolute Gasteiger partial charge is 0.497 e. The number of carbonyl (C=O) groups excluding carboxylic acids is 3. The van der Waals surface area contributed by atoms with Crippen LogP contribution in [0.1, 0.15) is 39.5 Å². The average molecular weight is 424 g/mol. The van der Waals surface area contributed by atoms with Gasteiger partial charge in [0.25, 0.3) is 5.91 Å². The van der Waals surface area contributed by atoms with Crippen LogP contribution < -0.4 is 9.64 Å². The summed E-state index contributed by atoms with van der Waals surface area (Å²) in [7, 11) is 5.66. The van der Waals surface area contributed by atoms with Gasteiger partial charge in [-0.15, -0.1) is 0 Å². The van der Waals surface area contributed by atoms with Gasteiger partial charge in [0.15, 0.2) is 5.78 Å². The minimum atomic E-state index is -1.05. The monoisotopic (exact) mass is 423 g/mol. The smallest absolute Gasteiger partial charge is 0.291 e. The Bertz CT molecular complexity index is 982. The lowest BCUT2D eigenvalue weighted by Crippen LogP contribution is -3.05. The number of carbonyl (C=O) groups is 3. The van der Waals surface area contributed by atoms with Gasteiger partial charge in [-0.2, -0.15) is 0 Å². The zero-order valence-corrected chi connectivity index (χ0v) is 18.9. The van der Waals surface area contributed by atoms with Crippen molar-refractivity contribution >= 4 is 17.5 Å². The van der Waals surface area contributed by atoms with E-state index in [4.69, 9.17) is 4.74 Å². The molecule has 31 heavy (non-hydrogen) atoms. The number of nitrogens with one attached hydrogen (secondary N) is 1. The molecule has 3 rings (SSSR count). The second-order valence-corrected chi connectivity index (χ2v) is 8.55. The third-order valence-corrected chi connectivity index (χ3v) is 5.88. The van der Waals surface area contributed by atoms with E-state index in [2.05, 4.69) is 0 Å². The zero-order chi connectivity index (χ0) is 22.7. The summed E-state index contributed by atoms with van der Waals surface area (Å²) in [6.07, 6.45) is 0.756. The van der Waals surface area contributed by atoms with E-state index in [0.717, 1.165) is 29.7 Å². The number of aryl methyl sites for hydroxylation is 2. The number of Topliss-reactive ketones (excluding diaryl/α,β-unsaturated/α-hetero) is 2. The Labute approximate surface area is 183 Å². The molecule has 0 saturated carbocycles. The number of methoxy groups -OCH3 is 1. The summed E-state index contributed by atoms with van der Waals surface area (Å²) in [5.74, 6) is -1.91. The Hall–Kier alpha value is -2.99. The predicted octanol–water partition coefficient (Wildman–Crippen LogP) is 1.80. The molecule has 2 unspecified atom stereocenters. The number of hydrogen-bond donors (Lipinski definition) is 1. The number of quaternary nitrogens is 1. The molecule has 1 amide bonds. The quantitative estimate of drug-likeness (QED) is 0.399. The summed E-state index contributed by atoms with van der Waals surface area (Å²) in [5.41, 5.74) is 3.06. The van der Waals surface area contributed by atoms with Crippen LogP contribution in [0.5, 0.6) is 5.75 Å². The summed E-state index contributed by atoms with van der Waals surface area (Å²) in [4.78, 5) is 42.5. The summed E-state index contributed by atoms with van der Waals surface area (Å²) >= 11 is 0. The van der Waals surface area contributed by atoms with Gasteiger partial charge in [-0.25, -0.2) is 0 Å². The van der Waals surface area contributed by atoms with Gasteiger partial charge in [0.1, 0.15) is 11.7 Å². The van der Waals surface area contributed by atoms with Crippen molar-refractivity contribution in [3.05, 3.63) is 64.7 Å². The van der Waals surface area contributed by atoms with E-state index < -0.39 is 23.7 Å². The number of nitrogens with zero attached hydrogens (tertiary/aromatic N) is 1. The van der Waals surface area contributed by atoms with E-state index in [9.17, 15) is 14.4 Å². The first kappa shape index (κ1) is 22.7. The molecule has 164 valence electrons. The number of benzene rings is 2. The molecule has 1 aliphatic heterocycles. The molecule has 2 aromatic carbocycles. The van der Waals surface area contributed by atoms with E-state index in [1.807, 2.05) is 52.2 Å². The van der Waals surface area contributed by atoms with Gasteiger partial charge in [0.2, 0.25) is 5.78 Å². The lowest BCUT2D eigenvalue weighted by atomic mass is 9.85. The van der Waals surface area contributed by atoms with Crippen LogP contribution in [0, 0.1) is 19.8 Å². The second kappa shape index (κ2) is 9.43. The first-order chi connectivity index (χ1) is 14.7. The lowest BCUT2D eigenvalue weighted by molar-refractivity contribution is -0.858. The topological polar surface area (TPSA) is 68.1 Å². The minimum Gasteiger partial charge on any atom is -0.497 e. The molecule has 1 saturated heterocycles. The number of rotatable bonds is 8. The maximum absolute atomic E-state index is 13.6. The molecule has 0 radical (unpaired) electrons. The normalized spacial score (nSPS) is 18.7. The van der Waals surface area contributed by atoms with Crippen molar-refractivity contribution in [3.8, 4) is 5.75 Å². The summed E-state index contributed by atoms with van der Waals surface area (Å²) < 4.78 is 5.23. The van der Waals surface area contributed by atoms with Crippen molar-refractivity contribution in [1.82, 2.24) is 4.90 Å². The maximum atomic E-state index is 13.6. The lowest BCUT2D eigenvalue weighted by Gasteiger charge is -2.27. The van der Waals surface area contributed by atoms with Crippen molar-refractivity contribution in [1.29, 1.82) is 0 Å². The van der Waals surface area contributed by atoms with Crippen LogP contribution in [0.15, 0.2) is 42.5 Å². The highest BCUT2D eigenvalue weighted by molar-refractivity contribution is 6.44. The molecule has 0 aliphatic carbocycles. The molecule has 2 aromatic rings. The Morgan fingerprint density at radius 3 is 2.32 bits per heavy atom. The molecule has 0 bridgehead atoms. The Balaban J connectivity index is 2.01. The molecule has 0 aromatic heterocycles. The molecular formula is C25H31N2O4+. The molecule has 6 nitrogen and oxygen atoms in total. The third kappa shape index (κ3) is 4.69. The number of likely N-dealkylation sites (tertiary alicyclic amines) is 1. The van der Waals surface area contributed by atoms with Crippen LogP contribution in [0.25, 0.3) is 0 Å². The van der Waals surface area contributed by atoms with E-state index in [1.54, 1.807) is 30.2 Å². The number of hydrogen-bond acceptors (Lipinski definition) is 4. The first-order valence-corrected chi connectivity index (χ1v) is 10.6. The number of ketones is 2. The Kier molecular flexibility index (Phi) is 6.91. The first-order valence-electron chi connectivity index (χ1n) is 10.6. The summed E-state index contributed by atoms with van der Waals surface area (Å²) in [6, 6.07) is 12.3.